The molecule has 3 N–H and O–H groups in total. The van der Waals surface area contributed by atoms with Gasteiger partial charge in [-0.25, -0.2) is 9.59 Å². The number of nitrogens with one attached hydrogen (secondary N) is 1. The minimum absolute atomic E-state index is 0.0353. The maximum atomic E-state index is 12.7. The number of amides is 1. The summed E-state index contributed by atoms with van der Waals surface area (Å²) >= 11 is 0. The number of alkyl carbamates (subject to hydrolysis) is 1. The Hall–Kier alpha value is -2.17. The van der Waals surface area contributed by atoms with E-state index < -0.39 is 17.1 Å². The van der Waals surface area contributed by atoms with Gasteiger partial charge in [-0.2, -0.15) is 0 Å². The van der Waals surface area contributed by atoms with Crippen LogP contribution >= 0.6 is 0 Å². The topological polar surface area (TPSA) is 135 Å². The van der Waals surface area contributed by atoms with Gasteiger partial charge in [-0.3, -0.25) is 9.69 Å². The molecule has 2 heterocycles. The molecule has 10 heteroatoms. The highest BCUT2D eigenvalue weighted by Crippen LogP contribution is 2.70. The molecular formula is C32H48N2O8. The van der Waals surface area contributed by atoms with Crippen molar-refractivity contribution in [2.75, 3.05) is 32.8 Å². The van der Waals surface area contributed by atoms with Crippen molar-refractivity contribution >= 4 is 18.0 Å². The zero-order valence-corrected chi connectivity index (χ0v) is 25.3. The molecule has 4 saturated carbocycles. The molecule has 1 saturated heterocycles. The van der Waals surface area contributed by atoms with E-state index in [0.717, 1.165) is 63.5 Å². The number of rotatable bonds is 6. The number of esters is 2. The number of carbonyl (C=O) groups excluding carboxylic acids is 3. The summed E-state index contributed by atoms with van der Waals surface area (Å²) in [5, 5.41) is 25.2. The Morgan fingerprint density at radius 3 is 2.62 bits per heavy atom. The summed E-state index contributed by atoms with van der Waals surface area (Å²) in [4.78, 5) is 38.9. The largest absolute Gasteiger partial charge is 0.462 e. The molecular weight excluding hydrogens is 540 g/mol. The lowest BCUT2D eigenvalue weighted by molar-refractivity contribution is -0.208. The molecule has 42 heavy (non-hydrogen) atoms. The van der Waals surface area contributed by atoms with Gasteiger partial charge in [-0.1, -0.05) is 13.8 Å². The lowest BCUT2D eigenvalue weighted by Gasteiger charge is -2.63. The Kier molecular flexibility index (Phi) is 7.88. The SMILES string of the molecule is CC(=O)O[C@H]1C[C@]2(O)[C@@H]3CC[C@@H]4C[C@@H](OC(=O)NCCN5CC[C@@H](O)C5)CC[C@]4(C)[C@H]3CC[C@]2(C)[C@H]1C1=CC(=O)OC1. The fourth-order valence-electron chi connectivity index (χ4n) is 10.4. The Labute approximate surface area is 248 Å². The highest BCUT2D eigenvalue weighted by atomic mass is 16.6. The highest BCUT2D eigenvalue weighted by Gasteiger charge is 2.71. The second-order valence-electron chi connectivity index (χ2n) is 14.5. The minimum atomic E-state index is -1.01. The van der Waals surface area contributed by atoms with E-state index >= 15 is 0 Å². The van der Waals surface area contributed by atoms with Crippen LogP contribution < -0.4 is 5.32 Å². The number of ether oxygens (including phenoxy) is 3. The van der Waals surface area contributed by atoms with Crippen LogP contribution in [0.25, 0.3) is 0 Å². The van der Waals surface area contributed by atoms with E-state index in [-0.39, 0.29) is 54.1 Å². The van der Waals surface area contributed by atoms with Crippen LogP contribution in [0, 0.1) is 34.5 Å². The van der Waals surface area contributed by atoms with E-state index in [1.54, 1.807) is 0 Å². The third kappa shape index (κ3) is 5.05. The quantitative estimate of drug-likeness (QED) is 0.316. The smallest absolute Gasteiger partial charge is 0.407 e. The summed E-state index contributed by atoms with van der Waals surface area (Å²) in [6.07, 6.45) is 7.67. The number of nitrogens with zero attached hydrogens (tertiary/aromatic N) is 1. The number of carbonyl (C=O) groups is 3. The van der Waals surface area contributed by atoms with E-state index in [2.05, 4.69) is 24.1 Å². The minimum Gasteiger partial charge on any atom is -0.462 e. The Bertz CT molecular complexity index is 1130. The molecule has 2 aliphatic heterocycles. The summed E-state index contributed by atoms with van der Waals surface area (Å²) in [6, 6.07) is 0. The number of aliphatic hydroxyl groups excluding tert-OH is 1. The predicted molar refractivity (Wildman–Crippen MR) is 152 cm³/mol. The molecule has 4 aliphatic carbocycles. The number of fused-ring (bicyclic) bond motifs is 5. The molecule has 0 aromatic carbocycles. The first-order valence-electron chi connectivity index (χ1n) is 16.0. The molecule has 6 aliphatic rings. The van der Waals surface area contributed by atoms with Crippen LogP contribution in [0.4, 0.5) is 4.79 Å². The van der Waals surface area contributed by atoms with Crippen LogP contribution in [0.1, 0.15) is 78.6 Å². The van der Waals surface area contributed by atoms with Crippen LogP contribution in [0.5, 0.6) is 0 Å². The van der Waals surface area contributed by atoms with Crippen LogP contribution in [0.2, 0.25) is 0 Å². The van der Waals surface area contributed by atoms with Gasteiger partial charge in [0.1, 0.15) is 18.8 Å². The summed E-state index contributed by atoms with van der Waals surface area (Å²) in [5.41, 5.74) is -0.673. The first kappa shape index (κ1) is 29.9. The van der Waals surface area contributed by atoms with Crippen molar-refractivity contribution in [2.24, 2.45) is 34.5 Å². The highest BCUT2D eigenvalue weighted by molar-refractivity contribution is 5.85. The van der Waals surface area contributed by atoms with Gasteiger partial charge >= 0.3 is 18.0 Å². The van der Waals surface area contributed by atoms with Gasteiger partial charge in [-0.05, 0) is 80.1 Å². The number of β-amino-alcohol motifs (C(OH)–C–C–N with tert-alkyl or cyclic N) is 1. The van der Waals surface area contributed by atoms with Crippen LogP contribution in [0.15, 0.2) is 11.6 Å². The molecule has 0 bridgehead atoms. The zero-order chi connectivity index (χ0) is 29.9. The number of cyclic esters (lactones) is 1. The molecule has 0 unspecified atom stereocenters. The number of aliphatic hydroxyl groups is 2. The summed E-state index contributed by atoms with van der Waals surface area (Å²) in [5.74, 6) is -0.175. The molecule has 10 atom stereocenters. The average Bonchev–Trinajstić information content (AvgIpc) is 3.59. The third-order valence-corrected chi connectivity index (χ3v) is 12.4. The van der Waals surface area contributed by atoms with Crippen molar-refractivity contribution in [1.82, 2.24) is 10.2 Å². The fraction of sp³-hybridized carbons (Fsp3) is 0.844. The fourth-order valence-corrected chi connectivity index (χ4v) is 10.4. The summed E-state index contributed by atoms with van der Waals surface area (Å²) < 4.78 is 17.0. The lowest BCUT2D eigenvalue weighted by Crippen LogP contribution is -2.62. The Morgan fingerprint density at radius 1 is 1.12 bits per heavy atom. The zero-order valence-electron chi connectivity index (χ0n) is 25.3. The van der Waals surface area contributed by atoms with E-state index in [1.807, 2.05) is 0 Å². The van der Waals surface area contributed by atoms with Gasteiger partial charge in [0.05, 0.1) is 11.7 Å². The molecule has 0 aromatic heterocycles. The molecule has 1 amide bonds. The maximum Gasteiger partial charge on any atom is 0.407 e. The van der Waals surface area contributed by atoms with Crippen molar-refractivity contribution < 1.29 is 38.8 Å². The molecule has 0 spiro atoms. The van der Waals surface area contributed by atoms with Gasteiger partial charge in [-0.15, -0.1) is 0 Å². The van der Waals surface area contributed by atoms with Gasteiger partial charge in [0, 0.05) is 56.9 Å². The van der Waals surface area contributed by atoms with E-state index in [4.69, 9.17) is 14.2 Å². The van der Waals surface area contributed by atoms with E-state index in [1.165, 1.54) is 13.0 Å². The Morgan fingerprint density at radius 2 is 1.93 bits per heavy atom. The maximum absolute atomic E-state index is 12.7. The molecule has 10 nitrogen and oxygen atoms in total. The first-order chi connectivity index (χ1) is 19.9. The monoisotopic (exact) mass is 588 g/mol. The second kappa shape index (κ2) is 11.1. The first-order valence-corrected chi connectivity index (χ1v) is 16.0. The molecule has 234 valence electrons. The Balaban J connectivity index is 1.12. The number of hydrogen-bond donors (Lipinski definition) is 3. The molecule has 0 aromatic rings. The van der Waals surface area contributed by atoms with Crippen LogP contribution in [-0.4, -0.2) is 89.8 Å². The van der Waals surface area contributed by atoms with Gasteiger partial charge in [0.2, 0.25) is 0 Å². The van der Waals surface area contributed by atoms with E-state index in [0.29, 0.717) is 37.9 Å². The predicted octanol–water partition coefficient (Wildman–Crippen LogP) is 2.95. The van der Waals surface area contributed by atoms with Gasteiger partial charge in [0.25, 0.3) is 0 Å². The van der Waals surface area contributed by atoms with Crippen LogP contribution in [0.3, 0.4) is 0 Å². The number of likely N-dealkylation sites (tertiary alicyclic amines) is 1. The number of hydrogen-bond acceptors (Lipinski definition) is 9. The van der Waals surface area contributed by atoms with Crippen molar-refractivity contribution in [3.63, 3.8) is 0 Å². The van der Waals surface area contributed by atoms with E-state index in [9.17, 15) is 24.6 Å². The van der Waals surface area contributed by atoms with Crippen molar-refractivity contribution in [1.29, 1.82) is 0 Å². The molecule has 0 radical (unpaired) electrons. The lowest BCUT2D eigenvalue weighted by atomic mass is 9.43. The van der Waals surface area contributed by atoms with Gasteiger partial charge in [0.15, 0.2) is 0 Å². The third-order valence-electron chi connectivity index (χ3n) is 12.4. The molecule has 5 fully saturated rings. The summed E-state index contributed by atoms with van der Waals surface area (Å²) in [7, 11) is 0. The van der Waals surface area contributed by atoms with Crippen molar-refractivity contribution in [2.45, 2.75) is 102 Å². The average molecular weight is 589 g/mol. The normalized spacial score (nSPS) is 44.8. The molecule has 6 rings (SSSR count). The van der Waals surface area contributed by atoms with Crippen LogP contribution in [-0.2, 0) is 23.8 Å². The second-order valence-corrected chi connectivity index (χ2v) is 14.5. The van der Waals surface area contributed by atoms with Crippen molar-refractivity contribution in [3.8, 4) is 0 Å². The summed E-state index contributed by atoms with van der Waals surface area (Å²) in [6.45, 7) is 8.84. The van der Waals surface area contributed by atoms with Crippen molar-refractivity contribution in [3.05, 3.63) is 11.6 Å². The standard InChI is InChI=1S/C32H48N2O8/c1-19(35)41-26-16-32(39)25-5-4-21-15-23(42-29(38)33-11-13-34-12-8-22(36)17-34)6-9-30(21,2)24(25)7-10-31(32,3)28(26)20-14-27(37)40-18-20/h14,21-26,28,36,39H,4-13,15-18H2,1-3H3,(H,33,38)/t21-,22-,23+,24+,25-,26+,28+,30+,31-,32+/m1/s1. The van der Waals surface area contributed by atoms with Gasteiger partial charge < -0.3 is 29.7 Å².